The molecule has 1 atom stereocenters. The normalized spacial score (nSPS) is 15.2. The molecule has 206 valence electrons. The molecule has 0 radical (unpaired) electrons. The van der Waals surface area contributed by atoms with Crippen LogP contribution in [0.5, 0.6) is 17.2 Å². The van der Waals surface area contributed by atoms with Crippen molar-refractivity contribution in [3.05, 3.63) is 84.5 Å². The number of rotatable bonds is 10. The lowest BCUT2D eigenvalue weighted by Crippen LogP contribution is -2.39. The minimum absolute atomic E-state index is 0.217. The Labute approximate surface area is 231 Å². The van der Waals surface area contributed by atoms with Gasteiger partial charge in [0.25, 0.3) is 5.56 Å². The van der Waals surface area contributed by atoms with Crippen LogP contribution in [0.2, 0.25) is 0 Å². The first-order valence-electron chi connectivity index (χ1n) is 12.9. The van der Waals surface area contributed by atoms with Gasteiger partial charge in [-0.2, -0.15) is 0 Å². The number of hydrogen-bond donors (Lipinski definition) is 0. The molecule has 0 fully saturated rings. The van der Waals surface area contributed by atoms with Crippen LogP contribution < -0.4 is 29.1 Å². The average Bonchev–Trinajstić information content (AvgIpc) is 3.22. The fourth-order valence-electron chi connectivity index (χ4n) is 4.34. The lowest BCUT2D eigenvalue weighted by molar-refractivity contribution is -0.139. The zero-order valence-electron chi connectivity index (χ0n) is 23.1. The Kier molecular flexibility index (Phi) is 8.91. The largest absolute Gasteiger partial charge is 0.497 e. The maximum absolute atomic E-state index is 13.8. The van der Waals surface area contributed by atoms with E-state index in [-0.39, 0.29) is 12.2 Å². The molecule has 3 aromatic rings. The molecule has 4 rings (SSSR count). The number of hydrogen-bond acceptors (Lipinski definition) is 8. The van der Waals surface area contributed by atoms with Gasteiger partial charge in [0, 0.05) is 0 Å². The molecule has 0 spiro atoms. The Morgan fingerprint density at radius 2 is 1.85 bits per heavy atom. The van der Waals surface area contributed by atoms with Gasteiger partial charge in [0.2, 0.25) is 0 Å². The summed E-state index contributed by atoms with van der Waals surface area (Å²) in [4.78, 5) is 32.0. The van der Waals surface area contributed by atoms with Gasteiger partial charge in [0.05, 0.1) is 49.3 Å². The monoisotopic (exact) mass is 550 g/mol. The van der Waals surface area contributed by atoms with Gasteiger partial charge in [-0.05, 0) is 67.7 Å². The third-order valence-corrected chi connectivity index (χ3v) is 7.37. The SMILES string of the molecule is CCOC(=O)C1=C(C)N=c2s/c(=C\c3ccc(OCCC(C)C)c(OC)c3)c(=O)n2C1c1ccc(OC)cc1. The third kappa shape index (κ3) is 6.09. The van der Waals surface area contributed by atoms with E-state index in [9.17, 15) is 9.59 Å². The molecule has 0 N–H and O–H groups in total. The quantitative estimate of drug-likeness (QED) is 0.351. The van der Waals surface area contributed by atoms with Crippen molar-refractivity contribution in [1.29, 1.82) is 0 Å². The van der Waals surface area contributed by atoms with E-state index in [1.165, 1.54) is 11.3 Å². The third-order valence-electron chi connectivity index (χ3n) is 6.39. The van der Waals surface area contributed by atoms with Crippen LogP contribution in [0.25, 0.3) is 6.08 Å². The van der Waals surface area contributed by atoms with Crippen LogP contribution >= 0.6 is 11.3 Å². The van der Waals surface area contributed by atoms with Crippen molar-refractivity contribution in [1.82, 2.24) is 4.57 Å². The van der Waals surface area contributed by atoms with E-state index in [1.807, 2.05) is 30.3 Å². The summed E-state index contributed by atoms with van der Waals surface area (Å²) < 4.78 is 24.2. The lowest BCUT2D eigenvalue weighted by Gasteiger charge is -2.24. The van der Waals surface area contributed by atoms with E-state index >= 15 is 0 Å². The van der Waals surface area contributed by atoms with Crippen molar-refractivity contribution in [2.24, 2.45) is 10.9 Å². The number of carbonyl (C=O) groups is 1. The molecule has 9 heteroatoms. The van der Waals surface area contributed by atoms with Gasteiger partial charge in [-0.3, -0.25) is 9.36 Å². The molecule has 1 aromatic heterocycles. The van der Waals surface area contributed by atoms with E-state index in [4.69, 9.17) is 18.9 Å². The molecular weight excluding hydrogens is 516 g/mol. The first-order valence-corrected chi connectivity index (χ1v) is 13.7. The van der Waals surface area contributed by atoms with Gasteiger partial charge in [-0.1, -0.05) is 43.4 Å². The molecule has 1 unspecified atom stereocenters. The summed E-state index contributed by atoms with van der Waals surface area (Å²) in [6, 6.07) is 12.2. The number of carbonyl (C=O) groups excluding carboxylic acids is 1. The first kappa shape index (κ1) is 28.2. The fraction of sp³-hybridized carbons (Fsp3) is 0.367. The summed E-state index contributed by atoms with van der Waals surface area (Å²) in [5.41, 5.74) is 2.16. The second kappa shape index (κ2) is 12.3. The molecular formula is C30H34N2O6S. The zero-order valence-corrected chi connectivity index (χ0v) is 24.0. The predicted octanol–water partition coefficient (Wildman–Crippen LogP) is 4.24. The Morgan fingerprint density at radius 3 is 2.49 bits per heavy atom. The van der Waals surface area contributed by atoms with Crippen molar-refractivity contribution in [3.63, 3.8) is 0 Å². The van der Waals surface area contributed by atoms with Gasteiger partial charge < -0.3 is 18.9 Å². The number of allylic oxidation sites excluding steroid dienone is 1. The summed E-state index contributed by atoms with van der Waals surface area (Å²) in [6.07, 6.45) is 2.74. The number of ether oxygens (including phenoxy) is 4. The molecule has 0 bridgehead atoms. The summed E-state index contributed by atoms with van der Waals surface area (Å²) in [6.45, 7) is 8.63. The standard InChI is InChI=1S/C30H34N2O6S/c1-7-37-29(34)26-19(4)31-30-32(27(26)21-9-11-22(35-5)12-10-21)28(33)25(39-30)17-20-8-13-23(24(16-20)36-6)38-15-14-18(2)3/h8-13,16-18,27H,7,14-15H2,1-6H3/b25-17-. The van der Waals surface area contributed by atoms with E-state index in [2.05, 4.69) is 18.8 Å². The van der Waals surface area contributed by atoms with E-state index in [0.29, 0.717) is 50.4 Å². The van der Waals surface area contributed by atoms with E-state index in [0.717, 1.165) is 17.5 Å². The number of methoxy groups -OCH3 is 2. The predicted molar refractivity (Wildman–Crippen MR) is 151 cm³/mol. The van der Waals surface area contributed by atoms with Crippen LogP contribution in [-0.4, -0.2) is 38.0 Å². The molecule has 8 nitrogen and oxygen atoms in total. The number of esters is 1. The molecule has 0 saturated heterocycles. The van der Waals surface area contributed by atoms with Crippen LogP contribution in [0.1, 0.15) is 51.3 Å². The van der Waals surface area contributed by atoms with Crippen LogP contribution in [0, 0.1) is 5.92 Å². The number of aromatic nitrogens is 1. The molecule has 2 aromatic carbocycles. The minimum Gasteiger partial charge on any atom is -0.497 e. The number of fused-ring (bicyclic) bond motifs is 1. The van der Waals surface area contributed by atoms with Crippen LogP contribution in [0.3, 0.4) is 0 Å². The van der Waals surface area contributed by atoms with Gasteiger partial charge in [-0.25, -0.2) is 9.79 Å². The minimum atomic E-state index is -0.681. The first-order chi connectivity index (χ1) is 18.8. The van der Waals surface area contributed by atoms with Gasteiger partial charge >= 0.3 is 5.97 Å². The second-order valence-electron chi connectivity index (χ2n) is 9.52. The topological polar surface area (TPSA) is 88.4 Å². The molecule has 0 saturated carbocycles. The molecule has 39 heavy (non-hydrogen) atoms. The summed E-state index contributed by atoms with van der Waals surface area (Å²) in [5.74, 6) is 1.97. The highest BCUT2D eigenvalue weighted by Gasteiger charge is 2.33. The fourth-order valence-corrected chi connectivity index (χ4v) is 5.39. The van der Waals surface area contributed by atoms with Gasteiger partial charge in [0.15, 0.2) is 16.3 Å². The number of benzene rings is 2. The second-order valence-corrected chi connectivity index (χ2v) is 10.5. The Bertz CT molecular complexity index is 1550. The van der Waals surface area contributed by atoms with Crippen molar-refractivity contribution < 1.29 is 23.7 Å². The lowest BCUT2D eigenvalue weighted by atomic mass is 9.96. The molecule has 0 amide bonds. The van der Waals surface area contributed by atoms with E-state index in [1.54, 1.807) is 50.8 Å². The van der Waals surface area contributed by atoms with Crippen molar-refractivity contribution in [2.75, 3.05) is 27.4 Å². The van der Waals surface area contributed by atoms with Gasteiger partial charge in [0.1, 0.15) is 5.75 Å². The number of nitrogens with zero attached hydrogens (tertiary/aromatic N) is 2. The van der Waals surface area contributed by atoms with Gasteiger partial charge in [-0.15, -0.1) is 0 Å². The highest BCUT2D eigenvalue weighted by atomic mass is 32.1. The molecule has 2 heterocycles. The van der Waals surface area contributed by atoms with Crippen molar-refractivity contribution >= 4 is 23.4 Å². The maximum Gasteiger partial charge on any atom is 0.338 e. The molecule has 1 aliphatic rings. The smallest absolute Gasteiger partial charge is 0.338 e. The van der Waals surface area contributed by atoms with Crippen molar-refractivity contribution in [2.45, 2.75) is 40.2 Å². The number of thiazole rings is 1. The Hall–Kier alpha value is -3.85. The van der Waals surface area contributed by atoms with Crippen LogP contribution in [-0.2, 0) is 9.53 Å². The van der Waals surface area contributed by atoms with E-state index < -0.39 is 12.0 Å². The summed E-state index contributed by atoms with van der Waals surface area (Å²) in [7, 11) is 3.18. The zero-order chi connectivity index (χ0) is 28.1. The highest BCUT2D eigenvalue weighted by molar-refractivity contribution is 7.07. The Balaban J connectivity index is 1.80. The van der Waals surface area contributed by atoms with Crippen molar-refractivity contribution in [3.8, 4) is 17.2 Å². The highest BCUT2D eigenvalue weighted by Crippen LogP contribution is 2.32. The Morgan fingerprint density at radius 1 is 1.10 bits per heavy atom. The summed E-state index contributed by atoms with van der Waals surface area (Å²) >= 11 is 1.27. The summed E-state index contributed by atoms with van der Waals surface area (Å²) in [5, 5.41) is 0. The molecule has 0 aliphatic carbocycles. The maximum atomic E-state index is 13.8. The van der Waals surface area contributed by atoms with Crippen LogP contribution in [0.15, 0.2) is 63.5 Å². The average molecular weight is 551 g/mol. The van der Waals surface area contributed by atoms with Crippen LogP contribution in [0.4, 0.5) is 0 Å². The molecule has 1 aliphatic heterocycles.